The highest BCUT2D eigenvalue weighted by molar-refractivity contribution is 5.18. The van der Waals surface area contributed by atoms with Crippen molar-refractivity contribution in [3.05, 3.63) is 35.9 Å². The Kier molecular flexibility index (Phi) is 6.12. The molecule has 1 aromatic rings. The lowest BCUT2D eigenvalue weighted by molar-refractivity contribution is 0.268. The summed E-state index contributed by atoms with van der Waals surface area (Å²) in [5.41, 5.74) is 1.40. The van der Waals surface area contributed by atoms with Crippen LogP contribution in [0.15, 0.2) is 30.3 Å². The zero-order valence-electron chi connectivity index (χ0n) is 10.3. The molecule has 0 radical (unpaired) electrons. The molecule has 0 spiro atoms. The van der Waals surface area contributed by atoms with Gasteiger partial charge in [-0.25, -0.2) is 0 Å². The standard InChI is InChI=1S/C14H23NO/c1-12(14-6-4-3-5-7-14)8-10-15-13(2)9-11-16/h3-7,12-13,15-16H,8-11H2,1-2H3. The van der Waals surface area contributed by atoms with E-state index in [1.54, 1.807) is 0 Å². The van der Waals surface area contributed by atoms with E-state index in [0.717, 1.165) is 19.4 Å². The van der Waals surface area contributed by atoms with Crippen LogP contribution < -0.4 is 5.32 Å². The van der Waals surface area contributed by atoms with Crippen molar-refractivity contribution >= 4 is 0 Å². The van der Waals surface area contributed by atoms with Crippen LogP contribution in [0.5, 0.6) is 0 Å². The molecule has 2 nitrogen and oxygen atoms in total. The highest BCUT2D eigenvalue weighted by Crippen LogP contribution is 2.17. The largest absolute Gasteiger partial charge is 0.396 e. The van der Waals surface area contributed by atoms with Crippen molar-refractivity contribution in [2.75, 3.05) is 13.2 Å². The van der Waals surface area contributed by atoms with E-state index in [4.69, 9.17) is 5.11 Å². The van der Waals surface area contributed by atoms with Crippen molar-refractivity contribution < 1.29 is 5.11 Å². The summed E-state index contributed by atoms with van der Waals surface area (Å²) in [4.78, 5) is 0. The van der Waals surface area contributed by atoms with Crippen LogP contribution in [0.2, 0.25) is 0 Å². The minimum absolute atomic E-state index is 0.266. The quantitative estimate of drug-likeness (QED) is 0.741. The SMILES string of the molecule is CC(CCO)NCCC(C)c1ccccc1. The summed E-state index contributed by atoms with van der Waals surface area (Å²) in [5.74, 6) is 0.593. The Bertz CT molecular complexity index is 273. The molecule has 0 amide bonds. The Labute approximate surface area is 98.7 Å². The maximum Gasteiger partial charge on any atom is 0.0445 e. The van der Waals surface area contributed by atoms with Gasteiger partial charge in [0.05, 0.1) is 0 Å². The number of benzene rings is 1. The molecule has 0 saturated carbocycles. The lowest BCUT2D eigenvalue weighted by atomic mass is 9.98. The monoisotopic (exact) mass is 221 g/mol. The zero-order chi connectivity index (χ0) is 11.8. The van der Waals surface area contributed by atoms with Gasteiger partial charge in [0.25, 0.3) is 0 Å². The van der Waals surface area contributed by atoms with Gasteiger partial charge < -0.3 is 10.4 Å². The summed E-state index contributed by atoms with van der Waals surface area (Å²) < 4.78 is 0. The summed E-state index contributed by atoms with van der Waals surface area (Å²) in [6.45, 7) is 5.65. The zero-order valence-corrected chi connectivity index (χ0v) is 10.3. The van der Waals surface area contributed by atoms with Crippen LogP contribution >= 0.6 is 0 Å². The maximum absolute atomic E-state index is 8.78. The Morgan fingerprint density at radius 1 is 1.12 bits per heavy atom. The molecule has 1 rings (SSSR count). The van der Waals surface area contributed by atoms with E-state index in [1.165, 1.54) is 5.56 Å². The maximum atomic E-state index is 8.78. The average Bonchev–Trinajstić information content (AvgIpc) is 2.30. The molecule has 0 saturated heterocycles. The van der Waals surface area contributed by atoms with Crippen LogP contribution in [0.25, 0.3) is 0 Å². The van der Waals surface area contributed by atoms with E-state index in [9.17, 15) is 0 Å². The number of hydrogen-bond acceptors (Lipinski definition) is 2. The lowest BCUT2D eigenvalue weighted by Crippen LogP contribution is -2.28. The molecule has 0 aliphatic carbocycles. The first-order chi connectivity index (χ1) is 7.74. The van der Waals surface area contributed by atoms with Crippen molar-refractivity contribution in [2.24, 2.45) is 0 Å². The van der Waals surface area contributed by atoms with Gasteiger partial charge in [0, 0.05) is 12.6 Å². The second-order valence-electron chi connectivity index (χ2n) is 4.47. The Hall–Kier alpha value is -0.860. The third-order valence-corrected chi connectivity index (χ3v) is 3.00. The number of aliphatic hydroxyl groups is 1. The Morgan fingerprint density at radius 2 is 1.81 bits per heavy atom. The van der Waals surface area contributed by atoms with Gasteiger partial charge in [0.15, 0.2) is 0 Å². The molecule has 0 aliphatic rings. The summed E-state index contributed by atoms with van der Waals surface area (Å²) in [6, 6.07) is 11.0. The summed E-state index contributed by atoms with van der Waals surface area (Å²) in [7, 11) is 0. The van der Waals surface area contributed by atoms with Gasteiger partial charge in [-0.2, -0.15) is 0 Å². The van der Waals surface area contributed by atoms with E-state index in [1.807, 2.05) is 0 Å². The van der Waals surface area contributed by atoms with E-state index < -0.39 is 0 Å². The molecule has 2 unspecified atom stereocenters. The van der Waals surface area contributed by atoms with E-state index in [0.29, 0.717) is 12.0 Å². The van der Waals surface area contributed by atoms with Crippen LogP contribution in [-0.4, -0.2) is 24.3 Å². The Morgan fingerprint density at radius 3 is 2.44 bits per heavy atom. The Balaban J connectivity index is 2.23. The molecule has 0 fully saturated rings. The van der Waals surface area contributed by atoms with E-state index in [-0.39, 0.29) is 6.61 Å². The summed E-state index contributed by atoms with van der Waals surface area (Å²) in [6.07, 6.45) is 1.97. The highest BCUT2D eigenvalue weighted by Gasteiger charge is 2.05. The summed E-state index contributed by atoms with van der Waals surface area (Å²) >= 11 is 0. The average molecular weight is 221 g/mol. The molecule has 2 atom stereocenters. The molecule has 0 aromatic heterocycles. The predicted octanol–water partition coefficient (Wildman–Crippen LogP) is 2.54. The number of hydrogen-bond donors (Lipinski definition) is 2. The topological polar surface area (TPSA) is 32.3 Å². The van der Waals surface area contributed by atoms with Gasteiger partial charge in [0.1, 0.15) is 0 Å². The molecular formula is C14H23NO. The van der Waals surface area contributed by atoms with Gasteiger partial charge in [-0.15, -0.1) is 0 Å². The molecule has 0 bridgehead atoms. The fourth-order valence-corrected chi connectivity index (χ4v) is 1.79. The van der Waals surface area contributed by atoms with Gasteiger partial charge in [-0.1, -0.05) is 37.3 Å². The number of nitrogens with one attached hydrogen (secondary N) is 1. The second-order valence-corrected chi connectivity index (χ2v) is 4.47. The smallest absolute Gasteiger partial charge is 0.0445 e. The van der Waals surface area contributed by atoms with Crippen molar-refractivity contribution in [1.29, 1.82) is 0 Å². The van der Waals surface area contributed by atoms with Crippen LogP contribution in [0.3, 0.4) is 0 Å². The molecule has 0 aliphatic heterocycles. The van der Waals surface area contributed by atoms with Gasteiger partial charge >= 0.3 is 0 Å². The normalized spacial score (nSPS) is 14.7. The van der Waals surface area contributed by atoms with Crippen molar-refractivity contribution in [3.8, 4) is 0 Å². The van der Waals surface area contributed by atoms with Crippen molar-refractivity contribution in [3.63, 3.8) is 0 Å². The van der Waals surface area contributed by atoms with Crippen molar-refractivity contribution in [2.45, 2.75) is 38.6 Å². The molecule has 2 N–H and O–H groups in total. The predicted molar refractivity (Wildman–Crippen MR) is 68.6 cm³/mol. The van der Waals surface area contributed by atoms with Gasteiger partial charge in [0.2, 0.25) is 0 Å². The molecule has 1 aromatic carbocycles. The second kappa shape index (κ2) is 7.42. The minimum Gasteiger partial charge on any atom is -0.396 e. The first-order valence-corrected chi connectivity index (χ1v) is 6.13. The fourth-order valence-electron chi connectivity index (χ4n) is 1.79. The molecule has 0 heterocycles. The van der Waals surface area contributed by atoms with Gasteiger partial charge in [-0.05, 0) is 37.8 Å². The van der Waals surface area contributed by atoms with Crippen LogP contribution in [0.4, 0.5) is 0 Å². The number of aliphatic hydroxyl groups excluding tert-OH is 1. The van der Waals surface area contributed by atoms with Crippen LogP contribution in [0, 0.1) is 0 Å². The first-order valence-electron chi connectivity index (χ1n) is 6.13. The molecule has 90 valence electrons. The van der Waals surface area contributed by atoms with Crippen LogP contribution in [-0.2, 0) is 0 Å². The number of rotatable bonds is 7. The van der Waals surface area contributed by atoms with E-state index >= 15 is 0 Å². The highest BCUT2D eigenvalue weighted by atomic mass is 16.3. The van der Waals surface area contributed by atoms with Crippen LogP contribution in [0.1, 0.15) is 38.2 Å². The minimum atomic E-state index is 0.266. The molecule has 16 heavy (non-hydrogen) atoms. The third kappa shape index (κ3) is 4.77. The van der Waals surface area contributed by atoms with Gasteiger partial charge in [-0.3, -0.25) is 0 Å². The third-order valence-electron chi connectivity index (χ3n) is 3.00. The summed E-state index contributed by atoms with van der Waals surface area (Å²) in [5, 5.41) is 12.2. The molecule has 2 heteroatoms. The fraction of sp³-hybridized carbons (Fsp3) is 0.571. The lowest BCUT2D eigenvalue weighted by Gasteiger charge is -2.15. The van der Waals surface area contributed by atoms with E-state index in [2.05, 4.69) is 49.5 Å². The molecular weight excluding hydrogens is 198 g/mol. The van der Waals surface area contributed by atoms with Crippen molar-refractivity contribution in [1.82, 2.24) is 5.32 Å². The first kappa shape index (κ1) is 13.2.